The van der Waals surface area contributed by atoms with Crippen molar-refractivity contribution in [2.45, 2.75) is 6.42 Å². The number of hydrogen-bond donors (Lipinski definition) is 1. The summed E-state index contributed by atoms with van der Waals surface area (Å²) in [4.78, 5) is 21.8. The highest BCUT2D eigenvalue weighted by molar-refractivity contribution is 7.10. The first kappa shape index (κ1) is 17.0. The van der Waals surface area contributed by atoms with Gasteiger partial charge in [0.15, 0.2) is 0 Å². The smallest absolute Gasteiger partial charge is 0.409 e. The Balaban J connectivity index is 1.51. The molecule has 1 saturated heterocycles. The zero-order valence-electron chi connectivity index (χ0n) is 15.2. The number of carbonyl (C=O) groups excluding carboxylic acids is 1. The van der Waals surface area contributed by atoms with Crippen LogP contribution in [-0.2, 0) is 11.2 Å². The van der Waals surface area contributed by atoms with Crippen molar-refractivity contribution in [1.29, 1.82) is 0 Å². The number of nitrogens with zero attached hydrogens (tertiary/aromatic N) is 2. The van der Waals surface area contributed by atoms with E-state index in [2.05, 4.69) is 40.7 Å². The van der Waals surface area contributed by atoms with Crippen molar-refractivity contribution in [1.82, 2.24) is 14.9 Å². The average molecular weight is 389 g/mol. The van der Waals surface area contributed by atoms with Crippen molar-refractivity contribution in [3.05, 3.63) is 65.0 Å². The van der Waals surface area contributed by atoms with Crippen LogP contribution >= 0.6 is 11.3 Å². The number of benzene rings is 2. The molecule has 6 heteroatoms. The fourth-order valence-corrected chi connectivity index (χ4v) is 4.41. The third-order valence-electron chi connectivity index (χ3n) is 5.02. The molecular formula is C22H19N3O2S. The maximum Gasteiger partial charge on any atom is 0.409 e. The van der Waals surface area contributed by atoms with E-state index in [1.54, 1.807) is 16.2 Å². The van der Waals surface area contributed by atoms with Crippen LogP contribution in [0.5, 0.6) is 0 Å². The molecule has 28 heavy (non-hydrogen) atoms. The third-order valence-corrected chi connectivity index (χ3v) is 5.93. The van der Waals surface area contributed by atoms with Crippen LogP contribution in [0.1, 0.15) is 5.01 Å². The molecule has 5 rings (SSSR count). The molecule has 1 aliphatic heterocycles. The summed E-state index contributed by atoms with van der Waals surface area (Å²) in [6.45, 7) is 1.79. The Labute approximate surface area is 166 Å². The number of amides is 1. The van der Waals surface area contributed by atoms with Crippen LogP contribution in [0.15, 0.2) is 60.0 Å². The first-order valence-electron chi connectivity index (χ1n) is 9.32. The van der Waals surface area contributed by atoms with Gasteiger partial charge in [-0.1, -0.05) is 48.5 Å². The Kier molecular flexibility index (Phi) is 4.33. The highest BCUT2D eigenvalue weighted by Gasteiger charge is 2.22. The largest absolute Gasteiger partial charge is 0.448 e. The van der Waals surface area contributed by atoms with Crippen molar-refractivity contribution in [3.8, 4) is 22.5 Å². The van der Waals surface area contributed by atoms with Gasteiger partial charge in [-0.15, -0.1) is 11.3 Å². The summed E-state index contributed by atoms with van der Waals surface area (Å²) < 4.78 is 5.00. The molecule has 0 saturated carbocycles. The van der Waals surface area contributed by atoms with Gasteiger partial charge in [0.2, 0.25) is 0 Å². The van der Waals surface area contributed by atoms with E-state index in [0.29, 0.717) is 19.7 Å². The molecule has 2 aromatic carbocycles. The summed E-state index contributed by atoms with van der Waals surface area (Å²) >= 11 is 1.64. The molecule has 140 valence electrons. The molecule has 4 aromatic rings. The van der Waals surface area contributed by atoms with Crippen molar-refractivity contribution in [2.24, 2.45) is 0 Å². The number of cyclic esters (lactones) is 1. The van der Waals surface area contributed by atoms with Gasteiger partial charge >= 0.3 is 6.09 Å². The van der Waals surface area contributed by atoms with Crippen molar-refractivity contribution < 1.29 is 9.53 Å². The number of ether oxygens (including phenoxy) is 1. The van der Waals surface area contributed by atoms with Crippen molar-refractivity contribution in [2.75, 3.05) is 19.7 Å². The molecule has 2 aromatic heterocycles. The first-order valence-corrected chi connectivity index (χ1v) is 10.2. The third kappa shape index (κ3) is 3.05. The van der Waals surface area contributed by atoms with E-state index in [1.165, 1.54) is 5.39 Å². The summed E-state index contributed by atoms with van der Waals surface area (Å²) in [5.41, 5.74) is 5.43. The van der Waals surface area contributed by atoms with Gasteiger partial charge in [-0.2, -0.15) is 0 Å². The number of nitrogens with one attached hydrogen (secondary N) is 1. The fraction of sp³-hybridized carbons (Fsp3) is 0.182. The van der Waals surface area contributed by atoms with E-state index in [1.807, 2.05) is 24.3 Å². The Bertz CT molecular complexity index is 1130. The summed E-state index contributed by atoms with van der Waals surface area (Å²) in [5.74, 6) is 0. The molecule has 5 nitrogen and oxygen atoms in total. The standard InChI is InChI=1S/C22H19N3O2S/c26-22-25(12-13-27-22)11-10-19-23-18(14-28-19)20-16-8-4-5-9-17(16)24-21(20)15-6-2-1-3-7-15/h1-9,14,24H,10-13H2. The minimum Gasteiger partial charge on any atom is -0.448 e. The van der Waals surface area contributed by atoms with Gasteiger partial charge in [-0.05, 0) is 11.6 Å². The Morgan fingerprint density at radius 3 is 2.75 bits per heavy atom. The second kappa shape index (κ2) is 7.13. The maximum absolute atomic E-state index is 11.6. The molecule has 0 aliphatic carbocycles. The summed E-state index contributed by atoms with van der Waals surface area (Å²) in [5, 5.41) is 4.31. The monoisotopic (exact) mass is 389 g/mol. The second-order valence-corrected chi connectivity index (χ2v) is 7.71. The SMILES string of the molecule is O=C1OCCN1CCc1nc(-c2c(-c3ccccc3)[nH]c3ccccc23)cs1. The lowest BCUT2D eigenvalue weighted by atomic mass is 10.0. The van der Waals surface area contributed by atoms with Crippen LogP contribution in [0.2, 0.25) is 0 Å². The van der Waals surface area contributed by atoms with E-state index in [-0.39, 0.29) is 6.09 Å². The lowest BCUT2D eigenvalue weighted by molar-refractivity contribution is 0.159. The van der Waals surface area contributed by atoms with Gasteiger partial charge in [0, 0.05) is 34.8 Å². The summed E-state index contributed by atoms with van der Waals surface area (Å²) in [7, 11) is 0. The molecular weight excluding hydrogens is 370 g/mol. The molecule has 3 heterocycles. The van der Waals surface area contributed by atoms with Crippen molar-refractivity contribution >= 4 is 28.3 Å². The number of hydrogen-bond acceptors (Lipinski definition) is 4. The number of rotatable bonds is 5. The van der Waals surface area contributed by atoms with Gasteiger partial charge in [0.1, 0.15) is 6.61 Å². The topological polar surface area (TPSA) is 58.2 Å². The van der Waals surface area contributed by atoms with E-state index >= 15 is 0 Å². The quantitative estimate of drug-likeness (QED) is 0.525. The summed E-state index contributed by atoms with van der Waals surface area (Å²) in [6, 6.07) is 18.7. The highest BCUT2D eigenvalue weighted by atomic mass is 32.1. The van der Waals surface area contributed by atoms with Gasteiger partial charge in [-0.3, -0.25) is 0 Å². The van der Waals surface area contributed by atoms with Crippen LogP contribution in [-0.4, -0.2) is 40.7 Å². The van der Waals surface area contributed by atoms with Crippen LogP contribution in [0.25, 0.3) is 33.4 Å². The van der Waals surface area contributed by atoms with Crippen LogP contribution in [0, 0.1) is 0 Å². The highest BCUT2D eigenvalue weighted by Crippen LogP contribution is 2.38. The van der Waals surface area contributed by atoms with E-state index in [0.717, 1.165) is 39.5 Å². The number of fused-ring (bicyclic) bond motifs is 1. The van der Waals surface area contributed by atoms with Gasteiger partial charge in [-0.25, -0.2) is 9.78 Å². The summed E-state index contributed by atoms with van der Waals surface area (Å²) in [6.07, 6.45) is 0.516. The number of H-pyrrole nitrogens is 1. The number of carbonyl (C=O) groups is 1. The van der Waals surface area contributed by atoms with Crippen LogP contribution in [0.3, 0.4) is 0 Å². The molecule has 1 aliphatic rings. The molecule has 0 spiro atoms. The Morgan fingerprint density at radius 1 is 1.11 bits per heavy atom. The number of aromatic nitrogens is 2. The molecule has 1 N–H and O–H groups in total. The minimum absolute atomic E-state index is 0.222. The average Bonchev–Trinajstić information content (AvgIpc) is 3.45. The molecule has 0 bridgehead atoms. The van der Waals surface area contributed by atoms with Gasteiger partial charge in [0.05, 0.1) is 22.9 Å². The lowest BCUT2D eigenvalue weighted by Gasteiger charge is -2.10. The number of thiazole rings is 1. The van der Waals surface area contributed by atoms with E-state index in [4.69, 9.17) is 9.72 Å². The first-order chi connectivity index (χ1) is 13.8. The van der Waals surface area contributed by atoms with Crippen molar-refractivity contribution in [3.63, 3.8) is 0 Å². The number of para-hydroxylation sites is 1. The van der Waals surface area contributed by atoms with E-state index < -0.39 is 0 Å². The van der Waals surface area contributed by atoms with Crippen LogP contribution < -0.4 is 0 Å². The molecule has 0 unspecified atom stereocenters. The van der Waals surface area contributed by atoms with E-state index in [9.17, 15) is 4.79 Å². The molecule has 0 radical (unpaired) electrons. The Hall–Kier alpha value is -3.12. The van der Waals surface area contributed by atoms with Gasteiger partial charge < -0.3 is 14.6 Å². The normalized spacial score (nSPS) is 14.0. The second-order valence-electron chi connectivity index (χ2n) is 6.76. The fourth-order valence-electron chi connectivity index (χ4n) is 3.63. The predicted molar refractivity (Wildman–Crippen MR) is 111 cm³/mol. The van der Waals surface area contributed by atoms with Gasteiger partial charge in [0.25, 0.3) is 0 Å². The van der Waals surface area contributed by atoms with Crippen LogP contribution in [0.4, 0.5) is 4.79 Å². The lowest BCUT2D eigenvalue weighted by Crippen LogP contribution is -2.26. The predicted octanol–water partition coefficient (Wildman–Crippen LogP) is 4.95. The number of aromatic amines is 1. The molecule has 1 fully saturated rings. The molecule has 0 atom stereocenters. The molecule has 1 amide bonds. The zero-order chi connectivity index (χ0) is 18.9. The maximum atomic E-state index is 11.6. The zero-order valence-corrected chi connectivity index (χ0v) is 16.0. The minimum atomic E-state index is -0.222. The Morgan fingerprint density at radius 2 is 1.93 bits per heavy atom.